The molecule has 0 bridgehead atoms. The van der Waals surface area contributed by atoms with Crippen LogP contribution in [0.3, 0.4) is 0 Å². The molecule has 2 amide bonds. The molecule has 35 heavy (non-hydrogen) atoms. The third kappa shape index (κ3) is 7.21. The summed E-state index contributed by atoms with van der Waals surface area (Å²) in [5.74, 6) is -0.536. The Kier molecular flexibility index (Phi) is 8.17. The first-order chi connectivity index (χ1) is 17.1. The Morgan fingerprint density at radius 2 is 1.86 bits per heavy atom. The number of carbonyl (C=O) groups excluding carboxylic acids is 2. The van der Waals surface area contributed by atoms with Gasteiger partial charge in [0.1, 0.15) is 5.01 Å². The van der Waals surface area contributed by atoms with Crippen molar-refractivity contribution in [2.24, 2.45) is 0 Å². The molecule has 0 atom stereocenters. The highest BCUT2D eigenvalue weighted by Crippen LogP contribution is 2.13. The first-order valence-electron chi connectivity index (χ1n) is 11.2. The Morgan fingerprint density at radius 1 is 0.971 bits per heavy atom. The van der Waals surface area contributed by atoms with Crippen molar-refractivity contribution in [1.29, 1.82) is 0 Å². The van der Waals surface area contributed by atoms with Crippen molar-refractivity contribution < 1.29 is 9.59 Å². The van der Waals surface area contributed by atoms with E-state index in [1.165, 1.54) is 11.3 Å². The number of pyridine rings is 2. The van der Waals surface area contributed by atoms with Gasteiger partial charge < -0.3 is 10.6 Å². The maximum atomic E-state index is 12.3. The molecule has 0 radical (unpaired) electrons. The minimum Gasteiger partial charge on any atom is -0.346 e. The van der Waals surface area contributed by atoms with Crippen LogP contribution in [0.2, 0.25) is 0 Å². The van der Waals surface area contributed by atoms with E-state index >= 15 is 0 Å². The van der Waals surface area contributed by atoms with Crippen molar-refractivity contribution in [3.63, 3.8) is 0 Å². The number of unbranched alkanes of at least 4 members (excludes halogenated alkanes) is 1. The summed E-state index contributed by atoms with van der Waals surface area (Å²) in [6.07, 6.45) is 7.42. The third-order valence-corrected chi connectivity index (χ3v) is 6.02. The molecule has 0 saturated heterocycles. The van der Waals surface area contributed by atoms with Gasteiger partial charge in [-0.3, -0.25) is 24.2 Å². The summed E-state index contributed by atoms with van der Waals surface area (Å²) in [6.45, 7) is 3.26. The molecule has 0 spiro atoms. The summed E-state index contributed by atoms with van der Waals surface area (Å²) < 4.78 is 1.65. The smallest absolute Gasteiger partial charge is 0.282 e. The predicted molar refractivity (Wildman–Crippen MR) is 128 cm³/mol. The fraction of sp³-hybridized carbons (Fsp3) is 0.304. The average molecular weight is 492 g/mol. The summed E-state index contributed by atoms with van der Waals surface area (Å²) in [7, 11) is 0. The zero-order valence-corrected chi connectivity index (χ0v) is 20.0. The fourth-order valence-corrected chi connectivity index (χ4v) is 3.93. The molecule has 4 rings (SSSR count). The normalized spacial score (nSPS) is 10.8. The van der Waals surface area contributed by atoms with Crippen molar-refractivity contribution in [3.8, 4) is 0 Å². The van der Waals surface area contributed by atoms with Crippen molar-refractivity contribution >= 4 is 23.2 Å². The number of hydrogen-bond donors (Lipinski definition) is 2. The van der Waals surface area contributed by atoms with Gasteiger partial charge in [0, 0.05) is 37.6 Å². The monoisotopic (exact) mass is 491 g/mol. The molecule has 0 aliphatic rings. The molecule has 0 saturated carbocycles. The highest BCUT2D eigenvalue weighted by atomic mass is 32.1. The maximum Gasteiger partial charge on any atom is 0.282 e. The van der Waals surface area contributed by atoms with Gasteiger partial charge in [0.05, 0.1) is 18.4 Å². The van der Waals surface area contributed by atoms with Gasteiger partial charge in [0.25, 0.3) is 11.8 Å². The first-order valence-corrected chi connectivity index (χ1v) is 12.0. The molecule has 180 valence electrons. The average Bonchev–Trinajstić information content (AvgIpc) is 3.55. The number of hydrogen-bond acceptors (Lipinski definition) is 9. The molecular formula is C23H25N9O2S. The van der Waals surface area contributed by atoms with Crippen LogP contribution in [0.4, 0.5) is 0 Å². The van der Waals surface area contributed by atoms with E-state index in [4.69, 9.17) is 0 Å². The summed E-state index contributed by atoms with van der Waals surface area (Å²) in [6, 6.07) is 9.37. The van der Waals surface area contributed by atoms with E-state index in [9.17, 15) is 9.59 Å². The lowest BCUT2D eigenvalue weighted by Crippen LogP contribution is -2.23. The Morgan fingerprint density at radius 3 is 2.66 bits per heavy atom. The Labute approximate surface area is 206 Å². The highest BCUT2D eigenvalue weighted by Gasteiger charge is 2.13. The van der Waals surface area contributed by atoms with E-state index in [1.807, 2.05) is 37.3 Å². The lowest BCUT2D eigenvalue weighted by atomic mass is 10.2. The second-order valence-electron chi connectivity index (χ2n) is 7.82. The van der Waals surface area contributed by atoms with Crippen LogP contribution in [-0.2, 0) is 26.1 Å². The molecule has 0 unspecified atom stereocenters. The summed E-state index contributed by atoms with van der Waals surface area (Å²) in [5.41, 5.74) is 2.90. The minimum absolute atomic E-state index is 0.258. The summed E-state index contributed by atoms with van der Waals surface area (Å²) >= 11 is 1.29. The number of carbonyl (C=O) groups is 2. The van der Waals surface area contributed by atoms with Gasteiger partial charge in [-0.1, -0.05) is 28.7 Å². The number of rotatable bonds is 11. The zero-order chi connectivity index (χ0) is 24.5. The zero-order valence-electron chi connectivity index (χ0n) is 19.2. The van der Waals surface area contributed by atoms with Gasteiger partial charge in [-0.2, -0.15) is 0 Å². The molecule has 4 aromatic heterocycles. The van der Waals surface area contributed by atoms with E-state index in [0.29, 0.717) is 31.1 Å². The van der Waals surface area contributed by atoms with Gasteiger partial charge >= 0.3 is 0 Å². The molecule has 4 heterocycles. The number of aromatic nitrogens is 7. The Balaban J connectivity index is 1.16. The van der Waals surface area contributed by atoms with Crippen LogP contribution < -0.4 is 10.6 Å². The third-order valence-electron chi connectivity index (χ3n) is 5.04. The lowest BCUT2D eigenvalue weighted by molar-refractivity contribution is 0.0939. The van der Waals surface area contributed by atoms with Crippen molar-refractivity contribution in [3.05, 3.63) is 81.6 Å². The minimum atomic E-state index is -0.278. The summed E-state index contributed by atoms with van der Waals surface area (Å²) in [4.78, 5) is 32.9. The molecule has 0 aliphatic carbocycles. The molecule has 0 fully saturated rings. The van der Waals surface area contributed by atoms with E-state index in [1.54, 1.807) is 23.3 Å². The number of amides is 2. The number of nitrogens with one attached hydrogen (secondary N) is 2. The van der Waals surface area contributed by atoms with Gasteiger partial charge in [-0.15, -0.1) is 15.3 Å². The molecule has 4 aromatic rings. The second-order valence-corrected chi connectivity index (χ2v) is 8.88. The topological polar surface area (TPSA) is 140 Å². The molecule has 2 N–H and O–H groups in total. The second kappa shape index (κ2) is 11.9. The van der Waals surface area contributed by atoms with Crippen molar-refractivity contribution in [1.82, 2.24) is 45.8 Å². The predicted octanol–water partition coefficient (Wildman–Crippen LogP) is 2.11. The standard InChI is InChI=1S/C23H25N9O2S/c1-16-8-9-17(12-25-16)13-26-21(33)19-15-32(31-28-19)11-5-3-7-20-29-30-23(35-20)22(34)27-14-18-6-2-4-10-24-18/h2,4,6,8-10,12,15H,3,5,7,11,13-14H2,1H3,(H,26,33)(H,27,34). The summed E-state index contributed by atoms with van der Waals surface area (Å²) in [5, 5.41) is 22.9. The lowest BCUT2D eigenvalue weighted by Gasteiger charge is -2.03. The maximum absolute atomic E-state index is 12.3. The van der Waals surface area contributed by atoms with Crippen LogP contribution in [0.1, 0.15) is 55.1 Å². The van der Waals surface area contributed by atoms with Crippen LogP contribution in [0.25, 0.3) is 0 Å². The molecule has 0 aromatic carbocycles. The fourth-order valence-electron chi connectivity index (χ4n) is 3.13. The molecule has 11 nitrogen and oxygen atoms in total. The quantitative estimate of drug-likeness (QED) is 0.304. The van der Waals surface area contributed by atoms with Crippen LogP contribution in [-0.4, -0.2) is 47.0 Å². The Hall–Kier alpha value is -4.06. The Bertz CT molecular complexity index is 1260. The van der Waals surface area contributed by atoms with Crippen LogP contribution in [0, 0.1) is 6.92 Å². The van der Waals surface area contributed by atoms with Gasteiger partial charge in [0.15, 0.2) is 5.69 Å². The number of nitrogens with zero attached hydrogens (tertiary/aromatic N) is 7. The largest absolute Gasteiger partial charge is 0.346 e. The van der Waals surface area contributed by atoms with E-state index < -0.39 is 0 Å². The van der Waals surface area contributed by atoms with Crippen LogP contribution in [0.5, 0.6) is 0 Å². The van der Waals surface area contributed by atoms with Gasteiger partial charge in [-0.05, 0) is 43.5 Å². The highest BCUT2D eigenvalue weighted by molar-refractivity contribution is 7.13. The molecule has 0 aliphatic heterocycles. The molecular weight excluding hydrogens is 466 g/mol. The van der Waals surface area contributed by atoms with Crippen molar-refractivity contribution in [2.75, 3.05) is 0 Å². The molecule has 12 heteroatoms. The van der Waals surface area contributed by atoms with Crippen LogP contribution in [0.15, 0.2) is 48.9 Å². The van der Waals surface area contributed by atoms with Gasteiger partial charge in [0.2, 0.25) is 5.01 Å². The number of aryl methyl sites for hydroxylation is 3. The van der Waals surface area contributed by atoms with Crippen molar-refractivity contribution in [2.45, 2.75) is 45.8 Å². The van der Waals surface area contributed by atoms with Gasteiger partial charge in [-0.25, -0.2) is 0 Å². The van der Waals surface area contributed by atoms with E-state index in [2.05, 4.69) is 41.1 Å². The van der Waals surface area contributed by atoms with E-state index in [0.717, 1.165) is 34.8 Å². The SMILES string of the molecule is Cc1ccc(CNC(=O)c2cn(CCCCc3nnc(C(=O)NCc4ccccn4)s3)nn2)cn1. The first kappa shape index (κ1) is 24.1. The van der Waals surface area contributed by atoms with E-state index in [-0.39, 0.29) is 17.5 Å². The van der Waals surface area contributed by atoms with Crippen LogP contribution >= 0.6 is 11.3 Å².